The molecule has 29 heavy (non-hydrogen) atoms. The van der Waals surface area contributed by atoms with Gasteiger partial charge in [0.15, 0.2) is 15.6 Å². The van der Waals surface area contributed by atoms with Gasteiger partial charge in [0.2, 0.25) is 0 Å². The van der Waals surface area contributed by atoms with Crippen molar-refractivity contribution in [1.82, 2.24) is 14.8 Å². The highest BCUT2D eigenvalue weighted by molar-refractivity contribution is 7.91. The minimum absolute atomic E-state index is 0.0963. The number of nitrogens with zero attached hydrogens (tertiary/aromatic N) is 3. The number of rotatable bonds is 3. The Balaban J connectivity index is 1.67. The second-order valence-corrected chi connectivity index (χ2v) is 9.61. The molecule has 2 fully saturated rings. The van der Waals surface area contributed by atoms with E-state index >= 15 is 0 Å². The molecule has 11 heteroatoms. The second-order valence-electron chi connectivity index (χ2n) is 7.31. The summed E-state index contributed by atoms with van der Waals surface area (Å²) < 4.78 is 61.1. The van der Waals surface area contributed by atoms with Crippen molar-refractivity contribution in [2.45, 2.75) is 37.9 Å². The van der Waals surface area contributed by atoms with Gasteiger partial charge in [0.25, 0.3) is 0 Å². The highest BCUT2D eigenvalue weighted by atomic mass is 32.2. The van der Waals surface area contributed by atoms with Crippen molar-refractivity contribution in [1.29, 1.82) is 0 Å². The normalized spacial score (nSPS) is 22.4. The van der Waals surface area contributed by atoms with Gasteiger partial charge in [0.1, 0.15) is 0 Å². The van der Waals surface area contributed by atoms with Crippen LogP contribution in [-0.4, -0.2) is 72.2 Å². The number of urea groups is 1. The fraction of sp³-hybridized carbons (Fsp3) is 0.611. The van der Waals surface area contributed by atoms with Gasteiger partial charge in [-0.1, -0.05) is 0 Å². The molecule has 2 aliphatic heterocycles. The molecular weight excluding hydrogens is 411 g/mol. The molecule has 0 unspecified atom stereocenters. The van der Waals surface area contributed by atoms with Gasteiger partial charge in [-0.2, -0.15) is 13.2 Å². The molecular formula is C18H22F3N3O4S. The molecule has 0 saturated carbocycles. The summed E-state index contributed by atoms with van der Waals surface area (Å²) in [5, 5.41) is 0. The molecule has 3 rings (SSSR count). The van der Waals surface area contributed by atoms with Crippen LogP contribution in [0.3, 0.4) is 0 Å². The van der Waals surface area contributed by atoms with E-state index in [0.29, 0.717) is 19.2 Å². The molecule has 160 valence electrons. The van der Waals surface area contributed by atoms with Crippen LogP contribution in [0.15, 0.2) is 18.3 Å². The standard InChI is InChI=1S/C18H22F3N3O4S/c19-18(20,21)13-4-5-14(22-12-13)11-16(25)15-3-1-2-6-24(15)17(26)23-7-9-29(27,28)10-8-23/h4-5,12,15H,1-3,6-11H2/t15-/m0/s1. The molecule has 1 aromatic heterocycles. The zero-order chi connectivity index (χ0) is 21.2. The number of aromatic nitrogens is 1. The molecule has 2 amide bonds. The first-order valence-corrected chi connectivity index (χ1v) is 11.2. The lowest BCUT2D eigenvalue weighted by Crippen LogP contribution is -2.56. The Morgan fingerprint density at radius 2 is 1.79 bits per heavy atom. The number of Topliss-reactive ketones (excluding diaryl/α,β-unsaturated/α-hetero) is 1. The Labute approximate surface area is 166 Å². The van der Waals surface area contributed by atoms with Crippen molar-refractivity contribution >= 4 is 21.7 Å². The lowest BCUT2D eigenvalue weighted by molar-refractivity contribution is -0.137. The molecule has 0 radical (unpaired) electrons. The Kier molecular flexibility index (Phi) is 6.16. The average molecular weight is 433 g/mol. The molecule has 0 aliphatic carbocycles. The summed E-state index contributed by atoms with van der Waals surface area (Å²) in [6.45, 7) is 0.580. The summed E-state index contributed by atoms with van der Waals surface area (Å²) in [6.07, 6.45) is -2.00. The first-order valence-electron chi connectivity index (χ1n) is 9.38. The SMILES string of the molecule is O=C(Cc1ccc(C(F)(F)F)cn1)[C@@H]1CCCCN1C(=O)N1CCS(=O)(=O)CC1. The number of piperidine rings is 1. The third-order valence-corrected chi connectivity index (χ3v) is 6.85. The largest absolute Gasteiger partial charge is 0.417 e. The van der Waals surface area contributed by atoms with Crippen molar-refractivity contribution in [3.63, 3.8) is 0 Å². The number of amides is 2. The minimum Gasteiger partial charge on any atom is -0.323 e. The number of carbonyl (C=O) groups is 2. The zero-order valence-electron chi connectivity index (χ0n) is 15.7. The number of likely N-dealkylation sites (tertiary alicyclic amines) is 1. The summed E-state index contributed by atoms with van der Waals surface area (Å²) in [7, 11) is -3.13. The number of sulfone groups is 1. The van der Waals surface area contributed by atoms with Gasteiger partial charge in [0, 0.05) is 31.5 Å². The predicted molar refractivity (Wildman–Crippen MR) is 97.9 cm³/mol. The van der Waals surface area contributed by atoms with E-state index in [2.05, 4.69) is 4.98 Å². The van der Waals surface area contributed by atoms with E-state index in [-0.39, 0.29) is 48.5 Å². The third kappa shape index (κ3) is 5.26. The minimum atomic E-state index is -4.50. The number of pyridine rings is 1. The van der Waals surface area contributed by atoms with Crippen LogP contribution in [0, 0.1) is 0 Å². The lowest BCUT2D eigenvalue weighted by atomic mass is 9.96. The summed E-state index contributed by atoms with van der Waals surface area (Å²) in [6, 6.07) is 1.01. The number of carbonyl (C=O) groups excluding carboxylic acids is 2. The van der Waals surface area contributed by atoms with Gasteiger partial charge in [-0.05, 0) is 31.4 Å². The molecule has 0 bridgehead atoms. The third-order valence-electron chi connectivity index (χ3n) is 5.24. The van der Waals surface area contributed by atoms with Crippen molar-refractivity contribution in [2.24, 2.45) is 0 Å². The number of halogens is 3. The Bertz CT molecular complexity index is 857. The van der Waals surface area contributed by atoms with E-state index in [1.807, 2.05) is 0 Å². The molecule has 0 spiro atoms. The molecule has 0 aromatic carbocycles. The maximum Gasteiger partial charge on any atom is 0.417 e. The highest BCUT2D eigenvalue weighted by Gasteiger charge is 2.36. The number of ketones is 1. The maximum absolute atomic E-state index is 12.9. The Morgan fingerprint density at radius 3 is 2.38 bits per heavy atom. The van der Waals surface area contributed by atoms with E-state index < -0.39 is 27.6 Å². The van der Waals surface area contributed by atoms with Crippen LogP contribution in [0.4, 0.5) is 18.0 Å². The van der Waals surface area contributed by atoms with E-state index in [9.17, 15) is 31.2 Å². The van der Waals surface area contributed by atoms with Crippen LogP contribution in [-0.2, 0) is 27.2 Å². The average Bonchev–Trinajstić information content (AvgIpc) is 2.67. The van der Waals surface area contributed by atoms with E-state index in [4.69, 9.17) is 0 Å². The van der Waals surface area contributed by atoms with Gasteiger partial charge in [-0.15, -0.1) is 0 Å². The maximum atomic E-state index is 12.9. The molecule has 3 heterocycles. The van der Waals surface area contributed by atoms with Gasteiger partial charge < -0.3 is 9.80 Å². The molecule has 0 N–H and O–H groups in total. The molecule has 1 atom stereocenters. The predicted octanol–water partition coefficient (Wildman–Crippen LogP) is 1.92. The Hall–Kier alpha value is -2.17. The van der Waals surface area contributed by atoms with Crippen molar-refractivity contribution < 1.29 is 31.2 Å². The first kappa shape index (κ1) is 21.5. The summed E-state index contributed by atoms with van der Waals surface area (Å²) >= 11 is 0. The van der Waals surface area contributed by atoms with Crippen molar-refractivity contribution in [3.8, 4) is 0 Å². The number of hydrogen-bond donors (Lipinski definition) is 0. The smallest absolute Gasteiger partial charge is 0.323 e. The first-order chi connectivity index (χ1) is 13.6. The van der Waals surface area contributed by atoms with E-state index in [0.717, 1.165) is 18.9 Å². The van der Waals surface area contributed by atoms with E-state index in [1.165, 1.54) is 15.9 Å². The summed E-state index contributed by atoms with van der Waals surface area (Å²) in [5.41, 5.74) is -0.673. The molecule has 7 nitrogen and oxygen atoms in total. The van der Waals surface area contributed by atoms with Gasteiger partial charge in [0.05, 0.1) is 29.5 Å². The monoisotopic (exact) mass is 433 g/mol. The molecule has 1 aromatic rings. The van der Waals surface area contributed by atoms with Crippen LogP contribution in [0.2, 0.25) is 0 Å². The fourth-order valence-electron chi connectivity index (χ4n) is 3.57. The molecule has 2 aliphatic rings. The Morgan fingerprint density at radius 1 is 1.10 bits per heavy atom. The van der Waals surface area contributed by atoms with Gasteiger partial charge in [-0.25, -0.2) is 13.2 Å². The molecule has 2 saturated heterocycles. The van der Waals surface area contributed by atoms with Crippen LogP contribution in [0.25, 0.3) is 0 Å². The van der Waals surface area contributed by atoms with Crippen LogP contribution in [0.1, 0.15) is 30.5 Å². The van der Waals surface area contributed by atoms with Crippen LogP contribution < -0.4 is 0 Å². The second kappa shape index (κ2) is 8.29. The quantitative estimate of drug-likeness (QED) is 0.727. The van der Waals surface area contributed by atoms with Crippen molar-refractivity contribution in [2.75, 3.05) is 31.1 Å². The summed E-state index contributed by atoms with van der Waals surface area (Å²) in [4.78, 5) is 32.3. The topological polar surface area (TPSA) is 87.7 Å². The lowest BCUT2D eigenvalue weighted by Gasteiger charge is -2.39. The zero-order valence-corrected chi connectivity index (χ0v) is 16.5. The highest BCUT2D eigenvalue weighted by Crippen LogP contribution is 2.28. The number of alkyl halides is 3. The van der Waals surface area contributed by atoms with Crippen LogP contribution >= 0.6 is 0 Å². The van der Waals surface area contributed by atoms with Crippen molar-refractivity contribution in [3.05, 3.63) is 29.6 Å². The van der Waals surface area contributed by atoms with Crippen LogP contribution in [0.5, 0.6) is 0 Å². The fourth-order valence-corrected chi connectivity index (χ4v) is 4.77. The van der Waals surface area contributed by atoms with Gasteiger partial charge >= 0.3 is 12.2 Å². The number of hydrogen-bond acceptors (Lipinski definition) is 5. The summed E-state index contributed by atoms with van der Waals surface area (Å²) in [5.74, 6) is -0.476. The van der Waals surface area contributed by atoms with E-state index in [1.54, 1.807) is 0 Å². The van der Waals surface area contributed by atoms with Gasteiger partial charge in [-0.3, -0.25) is 9.78 Å².